The summed E-state index contributed by atoms with van der Waals surface area (Å²) in [6, 6.07) is 6.41. The molecule has 0 spiro atoms. The van der Waals surface area contributed by atoms with Crippen LogP contribution in [0.5, 0.6) is 0 Å². The zero-order valence-corrected chi connectivity index (χ0v) is 11.3. The highest BCUT2D eigenvalue weighted by molar-refractivity contribution is 5.42. The maximum absolute atomic E-state index is 3.07. The van der Waals surface area contributed by atoms with Gasteiger partial charge in [-0.3, -0.25) is 0 Å². The topological polar surface area (TPSA) is 59.0 Å². The van der Waals surface area contributed by atoms with Crippen molar-refractivity contribution in [2.45, 2.75) is 0 Å². The molecule has 4 aromatic rings. The average molecular weight is 279 g/mol. The van der Waals surface area contributed by atoms with Crippen LogP contribution >= 0.6 is 0 Å². The van der Waals surface area contributed by atoms with Crippen molar-refractivity contribution in [3.05, 3.63) is 74.4 Å². The summed E-state index contributed by atoms with van der Waals surface area (Å²) in [4.78, 5) is 9.22. The fourth-order valence-electron chi connectivity index (χ4n) is 2.38. The average Bonchev–Trinajstić information content (AvgIpc) is 3.29. The maximum atomic E-state index is 3.07. The number of aromatic amines is 3. The lowest BCUT2D eigenvalue weighted by atomic mass is 10.2. The third-order valence-electron chi connectivity index (χ3n) is 3.42. The van der Waals surface area contributed by atoms with Gasteiger partial charge in [0, 0.05) is 18.2 Å². The summed E-state index contributed by atoms with van der Waals surface area (Å²) in [5, 5.41) is 0. The van der Waals surface area contributed by atoms with Gasteiger partial charge in [0.2, 0.25) is 19.0 Å². The molecule has 0 radical (unpaired) electrons. The normalized spacial score (nSPS) is 10.9. The van der Waals surface area contributed by atoms with Gasteiger partial charge in [0.15, 0.2) is 0 Å². The summed E-state index contributed by atoms with van der Waals surface area (Å²) in [7, 11) is 0. The molecule has 0 amide bonds. The van der Waals surface area contributed by atoms with Crippen molar-refractivity contribution < 1.29 is 13.7 Å². The van der Waals surface area contributed by atoms with E-state index in [1.54, 1.807) is 0 Å². The monoisotopic (exact) mass is 279 g/mol. The van der Waals surface area contributed by atoms with Crippen LogP contribution in [0.1, 0.15) is 0 Å². The molecule has 6 heteroatoms. The van der Waals surface area contributed by atoms with Crippen LogP contribution in [0, 0.1) is 0 Å². The first-order valence-corrected chi connectivity index (χ1v) is 6.68. The number of imidazole rings is 3. The number of aromatic nitrogens is 6. The van der Waals surface area contributed by atoms with Crippen LogP contribution in [0.4, 0.5) is 0 Å². The molecule has 21 heavy (non-hydrogen) atoms. The smallest absolute Gasteiger partial charge is 0.246 e. The predicted molar refractivity (Wildman–Crippen MR) is 74.1 cm³/mol. The van der Waals surface area contributed by atoms with Crippen LogP contribution in [0.25, 0.3) is 17.1 Å². The molecule has 0 saturated heterocycles. The van der Waals surface area contributed by atoms with E-state index in [0.29, 0.717) is 0 Å². The van der Waals surface area contributed by atoms with Gasteiger partial charge in [-0.1, -0.05) is 0 Å². The minimum atomic E-state index is 1.09. The van der Waals surface area contributed by atoms with Crippen molar-refractivity contribution in [2.24, 2.45) is 0 Å². The van der Waals surface area contributed by atoms with Crippen LogP contribution < -0.4 is 13.7 Å². The lowest BCUT2D eigenvalue weighted by Crippen LogP contribution is -2.35. The zero-order chi connectivity index (χ0) is 14.1. The highest BCUT2D eigenvalue weighted by Crippen LogP contribution is 2.10. The Morgan fingerprint density at radius 1 is 0.524 bits per heavy atom. The van der Waals surface area contributed by atoms with Crippen LogP contribution in [-0.2, 0) is 0 Å². The molecular weight excluding hydrogens is 264 g/mol. The van der Waals surface area contributed by atoms with E-state index in [-0.39, 0.29) is 0 Å². The van der Waals surface area contributed by atoms with E-state index in [9.17, 15) is 0 Å². The van der Waals surface area contributed by atoms with Crippen molar-refractivity contribution in [1.82, 2.24) is 15.0 Å². The Morgan fingerprint density at radius 3 is 1.10 bits per heavy atom. The lowest BCUT2D eigenvalue weighted by molar-refractivity contribution is -0.610. The highest BCUT2D eigenvalue weighted by Gasteiger charge is 2.14. The standard InChI is InChI=1S/C15H12N6/c1-4-19(10-16-1)13-7-14(20-5-2-17-11-20)9-15(8-13)21-6-3-18-12-21/h1-12H/p+3. The molecule has 0 unspecified atom stereocenters. The van der Waals surface area contributed by atoms with Crippen molar-refractivity contribution in [2.75, 3.05) is 0 Å². The molecule has 0 atom stereocenters. The molecule has 0 aliphatic heterocycles. The molecule has 1 aromatic carbocycles. The van der Waals surface area contributed by atoms with Crippen molar-refractivity contribution in [1.29, 1.82) is 0 Å². The molecule has 3 N–H and O–H groups in total. The maximum Gasteiger partial charge on any atom is 0.246 e. The second kappa shape index (κ2) is 4.75. The fourth-order valence-corrected chi connectivity index (χ4v) is 2.38. The van der Waals surface area contributed by atoms with Gasteiger partial charge in [-0.05, 0) is 0 Å². The number of nitrogens with zero attached hydrogens (tertiary/aromatic N) is 3. The minimum Gasteiger partial charge on any atom is -0.250 e. The molecule has 0 bridgehead atoms. The van der Waals surface area contributed by atoms with E-state index in [1.165, 1.54) is 0 Å². The number of hydrogen-bond acceptors (Lipinski definition) is 0. The van der Waals surface area contributed by atoms with Crippen molar-refractivity contribution in [3.8, 4) is 17.1 Å². The third-order valence-corrected chi connectivity index (χ3v) is 3.42. The largest absolute Gasteiger partial charge is 0.250 e. The molecule has 0 saturated carbocycles. The Balaban J connectivity index is 1.92. The van der Waals surface area contributed by atoms with E-state index in [4.69, 9.17) is 0 Å². The lowest BCUT2D eigenvalue weighted by Gasteiger charge is -2.02. The Bertz CT molecular complexity index is 701. The number of H-pyrrole nitrogens is 3. The molecule has 0 aliphatic carbocycles. The van der Waals surface area contributed by atoms with Crippen molar-refractivity contribution in [3.63, 3.8) is 0 Å². The van der Waals surface area contributed by atoms with Gasteiger partial charge in [-0.2, -0.15) is 0 Å². The zero-order valence-electron chi connectivity index (χ0n) is 11.3. The van der Waals surface area contributed by atoms with E-state index >= 15 is 0 Å². The first-order chi connectivity index (χ1) is 10.4. The van der Waals surface area contributed by atoms with Gasteiger partial charge in [0.05, 0.1) is 0 Å². The van der Waals surface area contributed by atoms with Crippen molar-refractivity contribution >= 4 is 0 Å². The molecule has 6 nitrogen and oxygen atoms in total. The Labute approximate surface area is 121 Å². The molecule has 4 rings (SSSR count). The predicted octanol–water partition coefficient (Wildman–Crippen LogP) is 0.501. The second-order valence-corrected chi connectivity index (χ2v) is 4.76. The molecule has 0 fully saturated rings. The van der Waals surface area contributed by atoms with E-state index in [0.717, 1.165) is 17.1 Å². The quantitative estimate of drug-likeness (QED) is 0.458. The molecule has 0 aliphatic rings. The number of nitrogens with one attached hydrogen (secondary N) is 3. The Morgan fingerprint density at radius 2 is 0.857 bits per heavy atom. The molecule has 3 heterocycles. The van der Waals surface area contributed by atoms with Gasteiger partial charge in [0.25, 0.3) is 0 Å². The summed E-state index contributed by atoms with van der Waals surface area (Å²) in [6.07, 6.45) is 17.5. The molecular formula is C15H15N6+3. The Hall–Kier alpha value is -3.15. The summed E-state index contributed by atoms with van der Waals surface area (Å²) in [5.74, 6) is 0. The second-order valence-electron chi connectivity index (χ2n) is 4.76. The van der Waals surface area contributed by atoms with Gasteiger partial charge in [-0.25, -0.2) is 28.7 Å². The van der Waals surface area contributed by atoms with Gasteiger partial charge in [0.1, 0.15) is 54.2 Å². The van der Waals surface area contributed by atoms with Gasteiger partial charge >= 0.3 is 0 Å². The summed E-state index contributed by atoms with van der Waals surface area (Å²) in [5.41, 5.74) is 3.27. The van der Waals surface area contributed by atoms with E-state index in [2.05, 4.69) is 33.2 Å². The number of hydrogen-bond donors (Lipinski definition) is 3. The minimum absolute atomic E-state index is 1.09. The molecule has 102 valence electrons. The van der Waals surface area contributed by atoms with Gasteiger partial charge < -0.3 is 0 Å². The molecule has 3 aromatic heterocycles. The van der Waals surface area contributed by atoms with E-state index < -0.39 is 0 Å². The summed E-state index contributed by atoms with van der Waals surface area (Å²) < 4.78 is 6.15. The van der Waals surface area contributed by atoms with Crippen LogP contribution in [0.2, 0.25) is 0 Å². The fraction of sp³-hybridized carbons (Fsp3) is 0. The number of benzene rings is 1. The Kier molecular flexibility index (Phi) is 2.64. The third kappa shape index (κ3) is 2.12. The van der Waals surface area contributed by atoms with Crippen LogP contribution in [-0.4, -0.2) is 15.0 Å². The SMILES string of the molecule is c1c[n+](-c2cc(-[n+]3cc[nH]c3)cc(-[n+]3cc[nH]c3)c2)c[nH]1. The van der Waals surface area contributed by atoms with Crippen LogP contribution in [0.15, 0.2) is 74.4 Å². The van der Waals surface area contributed by atoms with E-state index in [1.807, 2.05) is 69.9 Å². The van der Waals surface area contributed by atoms with Gasteiger partial charge in [-0.15, -0.1) is 0 Å². The first kappa shape index (κ1) is 11.7. The summed E-state index contributed by atoms with van der Waals surface area (Å²) in [6.45, 7) is 0. The summed E-state index contributed by atoms with van der Waals surface area (Å²) >= 11 is 0. The highest BCUT2D eigenvalue weighted by atomic mass is 15.1. The van der Waals surface area contributed by atoms with Crippen LogP contribution in [0.3, 0.4) is 0 Å². The first-order valence-electron chi connectivity index (χ1n) is 6.68. The number of rotatable bonds is 3.